The van der Waals surface area contributed by atoms with E-state index in [0.717, 1.165) is 12.2 Å². The monoisotopic (exact) mass is 199 g/mol. The Kier molecular flexibility index (Phi) is 7.12. The van der Waals surface area contributed by atoms with E-state index < -0.39 is 5.97 Å². The Morgan fingerprint density at radius 3 is 2.77 bits per heavy atom. The summed E-state index contributed by atoms with van der Waals surface area (Å²) in [5.41, 5.74) is 0.0836. The average molecular weight is 199 g/mol. The summed E-state index contributed by atoms with van der Waals surface area (Å²) in [6.45, 7) is 4.06. The molecule has 0 N–H and O–H groups in total. The molecule has 0 aromatic heterocycles. The van der Waals surface area contributed by atoms with Crippen LogP contribution in [0.1, 0.15) is 20.3 Å². The van der Waals surface area contributed by atoms with E-state index >= 15 is 0 Å². The number of nitrogens with zero attached hydrogens (tertiary/aromatic N) is 1. The van der Waals surface area contributed by atoms with E-state index in [1.807, 2.05) is 13.0 Å². The van der Waals surface area contributed by atoms with E-state index in [2.05, 4.69) is 4.74 Å². The largest absolute Gasteiger partial charge is 0.462 e. The minimum Gasteiger partial charge on any atom is -0.462 e. The maximum absolute atomic E-state index is 11.0. The molecule has 13 heavy (non-hydrogen) atoms. The van der Waals surface area contributed by atoms with E-state index in [9.17, 15) is 4.79 Å². The number of carbonyl (C=O) groups is 1. The number of hydrogen-bond donors (Lipinski definition) is 0. The van der Waals surface area contributed by atoms with Gasteiger partial charge in [-0.25, -0.2) is 4.79 Å². The Morgan fingerprint density at radius 2 is 2.31 bits per heavy atom. The Hall–Kier alpha value is -0.950. The number of rotatable bonds is 5. The van der Waals surface area contributed by atoms with Crippen molar-refractivity contribution < 1.29 is 9.53 Å². The van der Waals surface area contributed by atoms with Crippen LogP contribution in [0.4, 0.5) is 0 Å². The minimum absolute atomic E-state index is 0.0836. The van der Waals surface area contributed by atoms with Crippen LogP contribution < -0.4 is 0 Å². The van der Waals surface area contributed by atoms with Gasteiger partial charge in [0.15, 0.2) is 0 Å². The number of thioether (sulfide) groups is 1. The molecule has 0 saturated carbocycles. The molecule has 0 aromatic rings. The fourth-order valence-electron chi connectivity index (χ4n) is 0.589. The van der Waals surface area contributed by atoms with Crippen molar-refractivity contribution in [2.24, 2.45) is 0 Å². The molecule has 0 aliphatic rings. The van der Waals surface area contributed by atoms with Crippen LogP contribution in [0.25, 0.3) is 0 Å². The molecule has 0 spiro atoms. The van der Waals surface area contributed by atoms with Crippen molar-refractivity contribution in [3.63, 3.8) is 0 Å². The molecule has 0 aromatic carbocycles. The van der Waals surface area contributed by atoms with Gasteiger partial charge in [-0.1, -0.05) is 6.92 Å². The van der Waals surface area contributed by atoms with Crippen LogP contribution in [0.3, 0.4) is 0 Å². The fourth-order valence-corrected chi connectivity index (χ4v) is 1.26. The molecule has 0 aliphatic heterocycles. The van der Waals surface area contributed by atoms with Crippen molar-refractivity contribution in [1.82, 2.24) is 0 Å². The number of nitriles is 1. The lowest BCUT2D eigenvalue weighted by Gasteiger charge is -1.98. The van der Waals surface area contributed by atoms with Crippen LogP contribution in [0, 0.1) is 11.3 Å². The van der Waals surface area contributed by atoms with Gasteiger partial charge in [0.25, 0.3) is 0 Å². The lowest BCUT2D eigenvalue weighted by Crippen LogP contribution is -2.05. The summed E-state index contributed by atoms with van der Waals surface area (Å²) in [6, 6.07) is 1.81. The summed E-state index contributed by atoms with van der Waals surface area (Å²) in [6.07, 6.45) is 1.02. The van der Waals surface area contributed by atoms with Crippen molar-refractivity contribution in [1.29, 1.82) is 5.26 Å². The van der Waals surface area contributed by atoms with E-state index in [1.165, 1.54) is 11.8 Å². The highest BCUT2D eigenvalue weighted by atomic mass is 32.2. The molecule has 0 fully saturated rings. The maximum atomic E-state index is 11.0. The van der Waals surface area contributed by atoms with Gasteiger partial charge in [0.05, 0.1) is 6.61 Å². The third kappa shape index (κ3) is 5.31. The van der Waals surface area contributed by atoms with Gasteiger partial charge < -0.3 is 4.74 Å². The molecule has 0 radical (unpaired) electrons. The maximum Gasteiger partial charge on any atom is 0.349 e. The summed E-state index contributed by atoms with van der Waals surface area (Å²) in [5, 5.41) is 10.1. The number of esters is 1. The zero-order valence-corrected chi connectivity index (χ0v) is 8.69. The predicted octanol–water partition coefficient (Wildman–Crippen LogP) is 2.10. The van der Waals surface area contributed by atoms with Gasteiger partial charge in [-0.05, 0) is 24.5 Å². The van der Waals surface area contributed by atoms with Crippen LogP contribution in [0.15, 0.2) is 11.0 Å². The Balaban J connectivity index is 4.09. The summed E-state index contributed by atoms with van der Waals surface area (Å²) in [7, 11) is 0. The zero-order valence-electron chi connectivity index (χ0n) is 7.87. The van der Waals surface area contributed by atoms with E-state index in [-0.39, 0.29) is 5.57 Å². The molecular formula is C9H13NO2S. The third-order valence-corrected chi connectivity index (χ3v) is 2.19. The standard InChI is InChI=1S/C9H13NO2S/c1-3-5-13-7-8(6-10)9(11)12-4-2/h7H,3-5H2,1-2H3. The van der Waals surface area contributed by atoms with Gasteiger partial charge in [-0.15, -0.1) is 11.8 Å². The number of hydrogen-bond acceptors (Lipinski definition) is 4. The van der Waals surface area contributed by atoms with Gasteiger partial charge in [-0.2, -0.15) is 5.26 Å². The second-order valence-electron chi connectivity index (χ2n) is 2.23. The summed E-state index contributed by atoms with van der Waals surface area (Å²) >= 11 is 1.45. The highest BCUT2D eigenvalue weighted by Gasteiger charge is 2.08. The van der Waals surface area contributed by atoms with Crippen molar-refractivity contribution in [2.45, 2.75) is 20.3 Å². The van der Waals surface area contributed by atoms with Crippen LogP contribution in [-0.2, 0) is 9.53 Å². The first-order valence-corrected chi connectivity index (χ1v) is 5.20. The van der Waals surface area contributed by atoms with Gasteiger partial charge in [0, 0.05) is 0 Å². The molecule has 4 heteroatoms. The second-order valence-corrected chi connectivity index (χ2v) is 3.21. The zero-order chi connectivity index (χ0) is 10.1. The number of ether oxygens (including phenoxy) is 1. The minimum atomic E-state index is -0.534. The lowest BCUT2D eigenvalue weighted by atomic mass is 10.3. The molecule has 0 bridgehead atoms. The first kappa shape index (κ1) is 12.0. The van der Waals surface area contributed by atoms with Crippen LogP contribution in [0.2, 0.25) is 0 Å². The van der Waals surface area contributed by atoms with E-state index in [4.69, 9.17) is 5.26 Å². The Morgan fingerprint density at radius 1 is 1.62 bits per heavy atom. The van der Waals surface area contributed by atoms with Gasteiger partial charge in [-0.3, -0.25) is 0 Å². The van der Waals surface area contributed by atoms with E-state index in [0.29, 0.717) is 6.61 Å². The summed E-state index contributed by atoms with van der Waals surface area (Å²) in [5.74, 6) is 0.374. The highest BCUT2D eigenvalue weighted by Crippen LogP contribution is 2.09. The SMILES string of the molecule is CCCSC=C(C#N)C(=O)OCC. The molecule has 0 rings (SSSR count). The van der Waals surface area contributed by atoms with Crippen molar-refractivity contribution in [3.05, 3.63) is 11.0 Å². The molecule has 0 unspecified atom stereocenters. The van der Waals surface area contributed by atoms with Crippen LogP contribution in [0.5, 0.6) is 0 Å². The fraction of sp³-hybridized carbons (Fsp3) is 0.556. The molecule has 0 aliphatic carbocycles. The van der Waals surface area contributed by atoms with Crippen LogP contribution >= 0.6 is 11.8 Å². The van der Waals surface area contributed by atoms with Crippen molar-refractivity contribution in [2.75, 3.05) is 12.4 Å². The summed E-state index contributed by atoms with van der Waals surface area (Å²) in [4.78, 5) is 11.0. The average Bonchev–Trinajstić information content (AvgIpc) is 2.13. The third-order valence-electron chi connectivity index (χ3n) is 1.14. The molecule has 0 heterocycles. The van der Waals surface area contributed by atoms with Crippen LogP contribution in [-0.4, -0.2) is 18.3 Å². The van der Waals surface area contributed by atoms with E-state index in [1.54, 1.807) is 12.3 Å². The molecule has 72 valence electrons. The van der Waals surface area contributed by atoms with Crippen molar-refractivity contribution >= 4 is 17.7 Å². The molecule has 0 atom stereocenters. The number of carbonyl (C=O) groups excluding carboxylic acids is 1. The second kappa shape index (κ2) is 7.69. The predicted molar refractivity (Wildman–Crippen MR) is 53.1 cm³/mol. The smallest absolute Gasteiger partial charge is 0.349 e. The quantitative estimate of drug-likeness (QED) is 0.294. The molecule has 3 nitrogen and oxygen atoms in total. The van der Waals surface area contributed by atoms with Gasteiger partial charge >= 0.3 is 5.97 Å². The van der Waals surface area contributed by atoms with Gasteiger partial charge in [0.2, 0.25) is 0 Å². The molecular weight excluding hydrogens is 186 g/mol. The van der Waals surface area contributed by atoms with Gasteiger partial charge in [0.1, 0.15) is 11.6 Å². The first-order chi connectivity index (χ1) is 6.26. The van der Waals surface area contributed by atoms with Crippen molar-refractivity contribution in [3.8, 4) is 6.07 Å². The molecule has 0 amide bonds. The first-order valence-electron chi connectivity index (χ1n) is 4.15. The normalized spacial score (nSPS) is 10.7. The Labute approximate surface area is 82.8 Å². The topological polar surface area (TPSA) is 50.1 Å². The summed E-state index contributed by atoms with van der Waals surface area (Å²) < 4.78 is 4.68. The highest BCUT2D eigenvalue weighted by molar-refractivity contribution is 8.02. The lowest BCUT2D eigenvalue weighted by molar-refractivity contribution is -0.137. The Bertz CT molecular complexity index is 230. The molecule has 0 saturated heterocycles.